The molecule has 28 heavy (non-hydrogen) atoms. The van der Waals surface area contributed by atoms with E-state index in [1.807, 2.05) is 55.6 Å². The first-order valence-corrected chi connectivity index (χ1v) is 9.90. The minimum Gasteiger partial charge on any atom is -0.394 e. The van der Waals surface area contributed by atoms with Gasteiger partial charge in [0.05, 0.1) is 18.7 Å². The van der Waals surface area contributed by atoms with Crippen molar-refractivity contribution in [2.75, 3.05) is 20.2 Å². The Bertz CT molecular complexity index is 835. The third kappa shape index (κ3) is 3.42. The zero-order valence-electron chi connectivity index (χ0n) is 16.1. The lowest BCUT2D eigenvalue weighted by molar-refractivity contribution is -0.133. The molecule has 0 bridgehead atoms. The van der Waals surface area contributed by atoms with Crippen LogP contribution in [0.25, 0.3) is 0 Å². The van der Waals surface area contributed by atoms with Gasteiger partial charge in [-0.05, 0) is 30.5 Å². The standard InChI is InChI=1S/C23H26N2O3/c1-24(22(27)18-12-13-18)14-19-21(16-8-4-2-5-9-16)20(15-26)25(19)23(28)17-10-6-3-7-11-17/h2-11,18-21,26H,12-15H2,1H3/t19-,20+,21+/m1/s1. The fourth-order valence-corrected chi connectivity index (χ4v) is 4.31. The van der Waals surface area contributed by atoms with Gasteiger partial charge in [-0.1, -0.05) is 48.5 Å². The van der Waals surface area contributed by atoms with Crippen LogP contribution >= 0.6 is 0 Å². The largest absolute Gasteiger partial charge is 0.394 e. The van der Waals surface area contributed by atoms with Gasteiger partial charge >= 0.3 is 0 Å². The predicted octanol–water partition coefficient (Wildman–Crippen LogP) is 2.52. The molecule has 0 radical (unpaired) electrons. The van der Waals surface area contributed by atoms with Crippen molar-refractivity contribution in [2.45, 2.75) is 30.8 Å². The minimum absolute atomic E-state index is 0.00770. The maximum atomic E-state index is 13.2. The van der Waals surface area contributed by atoms with Crippen molar-refractivity contribution in [3.05, 3.63) is 71.8 Å². The fourth-order valence-electron chi connectivity index (χ4n) is 4.31. The van der Waals surface area contributed by atoms with Gasteiger partial charge in [0, 0.05) is 31.0 Å². The summed E-state index contributed by atoms with van der Waals surface area (Å²) < 4.78 is 0. The van der Waals surface area contributed by atoms with Crippen molar-refractivity contribution < 1.29 is 14.7 Å². The second-order valence-corrected chi connectivity index (χ2v) is 7.83. The molecule has 0 unspecified atom stereocenters. The van der Waals surface area contributed by atoms with Gasteiger partial charge in [0.2, 0.25) is 5.91 Å². The van der Waals surface area contributed by atoms with Gasteiger partial charge in [0.15, 0.2) is 0 Å². The fraction of sp³-hybridized carbons (Fsp3) is 0.391. The summed E-state index contributed by atoms with van der Waals surface area (Å²) in [5.41, 5.74) is 1.70. The summed E-state index contributed by atoms with van der Waals surface area (Å²) in [6, 6.07) is 18.7. The van der Waals surface area contributed by atoms with E-state index < -0.39 is 0 Å². The number of aliphatic hydroxyl groups is 1. The quantitative estimate of drug-likeness (QED) is 0.840. The molecular weight excluding hydrogens is 352 g/mol. The molecule has 1 saturated carbocycles. The first-order valence-electron chi connectivity index (χ1n) is 9.90. The molecule has 1 N–H and O–H groups in total. The van der Waals surface area contributed by atoms with Gasteiger partial charge in [0.25, 0.3) is 5.91 Å². The number of nitrogens with zero attached hydrogens (tertiary/aromatic N) is 2. The van der Waals surface area contributed by atoms with Crippen molar-refractivity contribution in [1.82, 2.24) is 9.80 Å². The van der Waals surface area contributed by atoms with Gasteiger partial charge in [-0.15, -0.1) is 0 Å². The molecule has 4 rings (SSSR count). The molecule has 2 aromatic carbocycles. The number of hydrogen-bond acceptors (Lipinski definition) is 3. The van der Waals surface area contributed by atoms with Gasteiger partial charge in [-0.25, -0.2) is 0 Å². The molecule has 0 aromatic heterocycles. The smallest absolute Gasteiger partial charge is 0.254 e. The highest BCUT2D eigenvalue weighted by Crippen LogP contribution is 2.42. The van der Waals surface area contributed by atoms with Crippen LogP contribution in [0.3, 0.4) is 0 Å². The molecule has 2 fully saturated rings. The van der Waals surface area contributed by atoms with Crippen molar-refractivity contribution >= 4 is 11.8 Å². The molecule has 3 atom stereocenters. The zero-order chi connectivity index (χ0) is 19.7. The Hall–Kier alpha value is -2.66. The molecule has 2 amide bonds. The number of likely N-dealkylation sites (tertiary alicyclic amines) is 1. The number of carbonyl (C=O) groups excluding carboxylic acids is 2. The van der Waals surface area contributed by atoms with Crippen LogP contribution in [0.5, 0.6) is 0 Å². The second kappa shape index (κ2) is 7.76. The number of amides is 2. The highest BCUT2D eigenvalue weighted by Gasteiger charge is 2.52. The lowest BCUT2D eigenvalue weighted by Crippen LogP contribution is -2.68. The van der Waals surface area contributed by atoms with E-state index in [9.17, 15) is 14.7 Å². The average Bonchev–Trinajstić information content (AvgIpc) is 3.56. The van der Waals surface area contributed by atoms with E-state index in [1.165, 1.54) is 0 Å². The summed E-state index contributed by atoms with van der Waals surface area (Å²) in [5, 5.41) is 10.1. The van der Waals surface area contributed by atoms with E-state index in [4.69, 9.17) is 0 Å². The number of likely N-dealkylation sites (N-methyl/N-ethyl adjacent to an activating group) is 1. The maximum absolute atomic E-state index is 13.2. The molecule has 2 aromatic rings. The number of rotatable bonds is 6. The van der Waals surface area contributed by atoms with Crippen LogP contribution in [0.4, 0.5) is 0 Å². The van der Waals surface area contributed by atoms with Gasteiger partial charge in [-0.2, -0.15) is 0 Å². The topological polar surface area (TPSA) is 60.9 Å². The van der Waals surface area contributed by atoms with Crippen LogP contribution in [0, 0.1) is 5.92 Å². The van der Waals surface area contributed by atoms with Crippen LogP contribution in [0.2, 0.25) is 0 Å². The van der Waals surface area contributed by atoms with E-state index in [1.54, 1.807) is 21.9 Å². The van der Waals surface area contributed by atoms with Crippen molar-refractivity contribution in [3.63, 3.8) is 0 Å². The van der Waals surface area contributed by atoms with E-state index in [2.05, 4.69) is 0 Å². The summed E-state index contributed by atoms with van der Waals surface area (Å²) in [5.74, 6) is 0.218. The lowest BCUT2D eigenvalue weighted by Gasteiger charge is -2.55. The van der Waals surface area contributed by atoms with E-state index in [0.717, 1.165) is 18.4 Å². The monoisotopic (exact) mass is 378 g/mol. The molecule has 1 aliphatic heterocycles. The highest BCUT2D eigenvalue weighted by atomic mass is 16.3. The van der Waals surface area contributed by atoms with Crippen LogP contribution in [-0.2, 0) is 4.79 Å². The summed E-state index contributed by atoms with van der Waals surface area (Å²) >= 11 is 0. The predicted molar refractivity (Wildman–Crippen MR) is 107 cm³/mol. The highest BCUT2D eigenvalue weighted by molar-refractivity contribution is 5.95. The Labute approximate surface area is 165 Å². The third-order valence-corrected chi connectivity index (χ3v) is 5.93. The van der Waals surface area contributed by atoms with Crippen LogP contribution < -0.4 is 0 Å². The first-order chi connectivity index (χ1) is 13.6. The van der Waals surface area contributed by atoms with Crippen molar-refractivity contribution in [3.8, 4) is 0 Å². The van der Waals surface area contributed by atoms with E-state index in [0.29, 0.717) is 12.1 Å². The molecule has 2 aliphatic rings. The van der Waals surface area contributed by atoms with E-state index >= 15 is 0 Å². The molecule has 5 heteroatoms. The average molecular weight is 378 g/mol. The normalized spacial score (nSPS) is 23.8. The number of benzene rings is 2. The van der Waals surface area contributed by atoms with Gasteiger partial charge in [-0.3, -0.25) is 9.59 Å². The third-order valence-electron chi connectivity index (χ3n) is 5.93. The number of carbonyl (C=O) groups is 2. The lowest BCUT2D eigenvalue weighted by atomic mass is 9.74. The first kappa shape index (κ1) is 18.7. The Morgan fingerprint density at radius 2 is 1.61 bits per heavy atom. The second-order valence-electron chi connectivity index (χ2n) is 7.83. The van der Waals surface area contributed by atoms with E-state index in [-0.39, 0.29) is 42.3 Å². The van der Waals surface area contributed by atoms with Crippen molar-refractivity contribution in [1.29, 1.82) is 0 Å². The molecular formula is C23H26N2O3. The van der Waals surface area contributed by atoms with Crippen LogP contribution in [-0.4, -0.2) is 59.0 Å². The van der Waals surface area contributed by atoms with Gasteiger partial charge < -0.3 is 14.9 Å². The Morgan fingerprint density at radius 3 is 2.18 bits per heavy atom. The molecule has 0 spiro atoms. The molecule has 1 aliphatic carbocycles. The van der Waals surface area contributed by atoms with Gasteiger partial charge in [0.1, 0.15) is 0 Å². The number of aliphatic hydroxyl groups excluding tert-OH is 1. The number of hydrogen-bond donors (Lipinski definition) is 1. The summed E-state index contributed by atoms with van der Waals surface area (Å²) in [6.45, 7) is 0.374. The Morgan fingerprint density at radius 1 is 1.00 bits per heavy atom. The minimum atomic E-state index is -0.287. The summed E-state index contributed by atoms with van der Waals surface area (Å²) in [7, 11) is 1.82. The maximum Gasteiger partial charge on any atom is 0.254 e. The molecule has 146 valence electrons. The van der Waals surface area contributed by atoms with Crippen LogP contribution in [0.15, 0.2) is 60.7 Å². The van der Waals surface area contributed by atoms with Crippen molar-refractivity contribution in [2.24, 2.45) is 5.92 Å². The summed E-state index contributed by atoms with van der Waals surface area (Å²) in [6.07, 6.45) is 1.92. The summed E-state index contributed by atoms with van der Waals surface area (Å²) in [4.78, 5) is 29.2. The van der Waals surface area contributed by atoms with Crippen LogP contribution in [0.1, 0.15) is 34.7 Å². The molecule has 1 saturated heterocycles. The SMILES string of the molecule is CN(C[C@@H]1[C@H](c2ccccc2)[C@H](CO)N1C(=O)c1ccccc1)C(=O)C1CC1. The Balaban J connectivity index is 1.62. The Kier molecular flexibility index (Phi) is 5.18. The molecule has 5 nitrogen and oxygen atoms in total. The molecule has 1 heterocycles. The zero-order valence-corrected chi connectivity index (χ0v) is 16.1.